The van der Waals surface area contributed by atoms with E-state index >= 15 is 0 Å². The number of nitrogens with zero attached hydrogens (tertiary/aromatic N) is 4. The number of rotatable bonds is 10. The summed E-state index contributed by atoms with van der Waals surface area (Å²) in [6, 6.07) is 13.9. The van der Waals surface area contributed by atoms with Crippen LogP contribution in [0.25, 0.3) is 11.4 Å². The summed E-state index contributed by atoms with van der Waals surface area (Å²) in [7, 11) is 3.08. The zero-order chi connectivity index (χ0) is 27.4. The van der Waals surface area contributed by atoms with Crippen LogP contribution in [0, 0.1) is 6.92 Å². The summed E-state index contributed by atoms with van der Waals surface area (Å²) in [4.78, 5) is 30.6. The van der Waals surface area contributed by atoms with Crippen molar-refractivity contribution in [3.63, 3.8) is 0 Å². The zero-order valence-electron chi connectivity index (χ0n) is 22.5. The fourth-order valence-electron chi connectivity index (χ4n) is 4.89. The highest BCUT2D eigenvalue weighted by molar-refractivity contribution is 6.46. The van der Waals surface area contributed by atoms with Gasteiger partial charge in [0, 0.05) is 18.7 Å². The van der Waals surface area contributed by atoms with Gasteiger partial charge < -0.3 is 24.4 Å². The molecule has 1 unspecified atom stereocenters. The van der Waals surface area contributed by atoms with E-state index in [1.165, 1.54) is 18.2 Å². The van der Waals surface area contributed by atoms with Gasteiger partial charge in [-0.1, -0.05) is 32.0 Å². The van der Waals surface area contributed by atoms with Gasteiger partial charge in [0.05, 0.1) is 49.0 Å². The second-order valence-electron chi connectivity index (χ2n) is 9.02. The summed E-state index contributed by atoms with van der Waals surface area (Å²) in [6.45, 7) is 8.41. The average Bonchev–Trinajstić information content (AvgIpc) is 3.45. The molecule has 4 rings (SSSR count). The highest BCUT2D eigenvalue weighted by atomic mass is 16.5. The van der Waals surface area contributed by atoms with Crippen LogP contribution in [0.1, 0.15) is 36.7 Å². The van der Waals surface area contributed by atoms with Gasteiger partial charge in [0.25, 0.3) is 11.7 Å². The number of hydrogen-bond acceptors (Lipinski definition) is 7. The number of likely N-dealkylation sites (tertiary alicyclic amines) is 1. The third-order valence-corrected chi connectivity index (χ3v) is 7.09. The van der Waals surface area contributed by atoms with Crippen molar-refractivity contribution < 1.29 is 24.2 Å². The first kappa shape index (κ1) is 26.9. The number of carbonyl (C=O) groups excluding carboxylic acids is 2. The molecule has 9 nitrogen and oxygen atoms in total. The third kappa shape index (κ3) is 4.89. The van der Waals surface area contributed by atoms with E-state index in [2.05, 4.69) is 10.00 Å². The molecule has 2 aromatic carbocycles. The van der Waals surface area contributed by atoms with Gasteiger partial charge in [-0.3, -0.25) is 9.59 Å². The molecule has 1 saturated heterocycles. The van der Waals surface area contributed by atoms with Crippen LogP contribution in [-0.4, -0.2) is 76.8 Å². The molecule has 0 saturated carbocycles. The van der Waals surface area contributed by atoms with E-state index in [1.807, 2.05) is 51.1 Å². The second kappa shape index (κ2) is 11.5. The van der Waals surface area contributed by atoms with Crippen molar-refractivity contribution in [2.24, 2.45) is 0 Å². The number of Topliss-reactive ketones (excluding diaryl/α,β-unsaturated/α-hetero) is 1. The summed E-state index contributed by atoms with van der Waals surface area (Å²) >= 11 is 0. The smallest absolute Gasteiger partial charge is 0.295 e. The van der Waals surface area contributed by atoms with E-state index in [9.17, 15) is 14.7 Å². The normalized spacial score (nSPS) is 16.9. The highest BCUT2D eigenvalue weighted by Gasteiger charge is 2.47. The Balaban J connectivity index is 1.89. The molecule has 1 amide bonds. The molecule has 0 radical (unpaired) electrons. The molecule has 200 valence electrons. The van der Waals surface area contributed by atoms with Gasteiger partial charge in [-0.25, -0.2) is 4.68 Å². The van der Waals surface area contributed by atoms with Crippen LogP contribution < -0.4 is 9.47 Å². The lowest BCUT2D eigenvalue weighted by Crippen LogP contribution is -2.38. The minimum atomic E-state index is -0.866. The van der Waals surface area contributed by atoms with Crippen LogP contribution in [0.15, 0.2) is 60.3 Å². The first-order valence-corrected chi connectivity index (χ1v) is 12.7. The van der Waals surface area contributed by atoms with Crippen molar-refractivity contribution in [3.8, 4) is 17.2 Å². The number of para-hydroxylation sites is 1. The number of likely N-dealkylation sites (N-methyl/N-ethyl adjacent to an activating group) is 1. The van der Waals surface area contributed by atoms with E-state index in [0.717, 1.165) is 18.8 Å². The summed E-state index contributed by atoms with van der Waals surface area (Å²) in [5, 5.41) is 16.0. The summed E-state index contributed by atoms with van der Waals surface area (Å²) < 4.78 is 12.8. The summed E-state index contributed by atoms with van der Waals surface area (Å²) in [5.74, 6) is -0.662. The van der Waals surface area contributed by atoms with E-state index in [4.69, 9.17) is 9.47 Å². The van der Waals surface area contributed by atoms with Gasteiger partial charge >= 0.3 is 0 Å². The summed E-state index contributed by atoms with van der Waals surface area (Å²) in [5.41, 5.74) is 2.38. The van der Waals surface area contributed by atoms with Crippen molar-refractivity contribution >= 4 is 17.4 Å². The molecule has 3 aromatic rings. The van der Waals surface area contributed by atoms with Crippen LogP contribution in [0.5, 0.6) is 11.5 Å². The lowest BCUT2D eigenvalue weighted by Gasteiger charge is -2.29. The zero-order valence-corrected chi connectivity index (χ0v) is 22.5. The molecule has 1 aliphatic heterocycles. The SMILES string of the molecule is CCN(CC)CCN1C(=O)C(=O)/C(=C(/O)c2cnn(-c3ccccc3)c2C)C1c1cc(OC)ccc1OC. The number of ketones is 1. The van der Waals surface area contributed by atoms with E-state index in [0.29, 0.717) is 41.4 Å². The Bertz CT molecular complexity index is 1340. The predicted octanol–water partition coefficient (Wildman–Crippen LogP) is 3.96. The number of benzene rings is 2. The molecule has 2 heterocycles. The first-order valence-electron chi connectivity index (χ1n) is 12.7. The Hall–Kier alpha value is -4.11. The minimum absolute atomic E-state index is 0.00295. The summed E-state index contributed by atoms with van der Waals surface area (Å²) in [6.07, 6.45) is 1.51. The number of aromatic nitrogens is 2. The van der Waals surface area contributed by atoms with Crippen LogP contribution in [-0.2, 0) is 9.59 Å². The lowest BCUT2D eigenvalue weighted by atomic mass is 9.94. The standard InChI is InChI=1S/C29H34N4O5/c1-6-31(7-2)15-16-32-26(22-17-21(37-4)13-14-24(22)38-5)25(28(35)29(32)36)27(34)23-18-30-33(19(23)3)20-11-9-8-10-12-20/h8-14,17-18,26,34H,6-7,15-16H2,1-5H3/b27-25+. The molecular formula is C29H34N4O5. The molecule has 1 fully saturated rings. The largest absolute Gasteiger partial charge is 0.507 e. The monoisotopic (exact) mass is 518 g/mol. The van der Waals surface area contributed by atoms with Crippen molar-refractivity contribution in [1.29, 1.82) is 0 Å². The average molecular weight is 519 g/mol. The highest BCUT2D eigenvalue weighted by Crippen LogP contribution is 2.44. The van der Waals surface area contributed by atoms with Crippen molar-refractivity contribution in [2.45, 2.75) is 26.8 Å². The van der Waals surface area contributed by atoms with Gasteiger partial charge in [-0.15, -0.1) is 0 Å². The minimum Gasteiger partial charge on any atom is -0.507 e. The van der Waals surface area contributed by atoms with E-state index in [-0.39, 0.29) is 11.3 Å². The second-order valence-corrected chi connectivity index (χ2v) is 9.02. The number of ether oxygens (including phenoxy) is 2. The number of hydrogen-bond donors (Lipinski definition) is 1. The first-order chi connectivity index (χ1) is 18.4. The number of carbonyl (C=O) groups is 2. The number of amides is 1. The fourth-order valence-corrected chi connectivity index (χ4v) is 4.89. The van der Waals surface area contributed by atoms with Gasteiger partial charge in [0.2, 0.25) is 0 Å². The molecule has 1 aromatic heterocycles. The Kier molecular flexibility index (Phi) is 8.16. The van der Waals surface area contributed by atoms with Crippen molar-refractivity contribution in [2.75, 3.05) is 40.4 Å². The lowest BCUT2D eigenvalue weighted by molar-refractivity contribution is -0.140. The molecule has 1 N–H and O–H groups in total. The Morgan fingerprint density at radius 1 is 1.05 bits per heavy atom. The maximum absolute atomic E-state index is 13.5. The number of aliphatic hydroxyl groups excluding tert-OH is 1. The maximum atomic E-state index is 13.5. The third-order valence-electron chi connectivity index (χ3n) is 7.09. The molecule has 0 bridgehead atoms. The number of aliphatic hydroxyl groups is 1. The van der Waals surface area contributed by atoms with Crippen LogP contribution in [0.3, 0.4) is 0 Å². The van der Waals surface area contributed by atoms with Crippen LogP contribution in [0.2, 0.25) is 0 Å². The van der Waals surface area contributed by atoms with Crippen molar-refractivity contribution in [3.05, 3.63) is 77.1 Å². The van der Waals surface area contributed by atoms with Gasteiger partial charge in [-0.05, 0) is 50.3 Å². The van der Waals surface area contributed by atoms with Gasteiger partial charge in [0.15, 0.2) is 0 Å². The van der Waals surface area contributed by atoms with Crippen LogP contribution >= 0.6 is 0 Å². The van der Waals surface area contributed by atoms with E-state index in [1.54, 1.807) is 30.0 Å². The Labute approximate surface area is 222 Å². The van der Waals surface area contributed by atoms with Gasteiger partial charge in [-0.2, -0.15) is 5.10 Å². The quantitative estimate of drug-likeness (QED) is 0.247. The molecule has 9 heteroatoms. The fraction of sp³-hybridized carbons (Fsp3) is 0.345. The predicted molar refractivity (Wildman–Crippen MR) is 145 cm³/mol. The maximum Gasteiger partial charge on any atom is 0.295 e. The van der Waals surface area contributed by atoms with Crippen molar-refractivity contribution in [1.82, 2.24) is 19.6 Å². The molecule has 38 heavy (non-hydrogen) atoms. The van der Waals surface area contributed by atoms with Gasteiger partial charge in [0.1, 0.15) is 17.3 Å². The number of methoxy groups -OCH3 is 2. The molecule has 1 aliphatic rings. The molecule has 1 atom stereocenters. The van der Waals surface area contributed by atoms with Crippen LogP contribution in [0.4, 0.5) is 0 Å². The Morgan fingerprint density at radius 2 is 1.76 bits per heavy atom. The molecular weight excluding hydrogens is 484 g/mol. The molecule has 0 spiro atoms. The molecule has 0 aliphatic carbocycles. The van der Waals surface area contributed by atoms with E-state index < -0.39 is 17.7 Å². The Morgan fingerprint density at radius 3 is 2.39 bits per heavy atom. The topological polar surface area (TPSA) is 97.1 Å².